The maximum atomic E-state index is 12.6. The molecule has 1 aromatic carbocycles. The van der Waals surface area contributed by atoms with Crippen LogP contribution in [-0.2, 0) is 16.6 Å². The number of thiazole rings is 1. The standard InChI is InChI=1S/C18H23N3O2S2/c22-25(23,15-4-2-1-3-5-15)20-16-6-7-18(16)8-11-21(12-9-18)14-17-19-10-13-24-17/h1-5,10,13,16,20H,6-9,11-12,14H2/t16-/m0/s1. The Morgan fingerprint density at radius 1 is 1.20 bits per heavy atom. The van der Waals surface area contributed by atoms with Crippen molar-refractivity contribution in [1.82, 2.24) is 14.6 Å². The largest absolute Gasteiger partial charge is 0.297 e. The van der Waals surface area contributed by atoms with Crippen LogP contribution >= 0.6 is 11.3 Å². The average Bonchev–Trinajstić information content (AvgIpc) is 3.13. The highest BCUT2D eigenvalue weighted by molar-refractivity contribution is 7.89. The summed E-state index contributed by atoms with van der Waals surface area (Å²) in [5, 5.41) is 3.17. The SMILES string of the molecule is O=S(=O)(N[C@H]1CCC12CCN(Cc1nccs1)CC2)c1ccccc1. The Labute approximate surface area is 153 Å². The van der Waals surface area contributed by atoms with Crippen LogP contribution in [0.2, 0.25) is 0 Å². The van der Waals surface area contributed by atoms with Gasteiger partial charge in [0.05, 0.1) is 11.4 Å². The van der Waals surface area contributed by atoms with E-state index in [1.54, 1.807) is 35.6 Å². The molecule has 2 aliphatic rings. The predicted molar refractivity (Wildman–Crippen MR) is 98.8 cm³/mol. The Morgan fingerprint density at radius 3 is 2.56 bits per heavy atom. The van der Waals surface area contributed by atoms with E-state index in [0.717, 1.165) is 50.3 Å². The number of sulfonamides is 1. The lowest BCUT2D eigenvalue weighted by Gasteiger charge is -2.53. The number of rotatable bonds is 5. The number of aromatic nitrogens is 1. The van der Waals surface area contributed by atoms with E-state index in [-0.39, 0.29) is 11.5 Å². The maximum Gasteiger partial charge on any atom is 0.240 e. The summed E-state index contributed by atoms with van der Waals surface area (Å²) in [6, 6.07) is 8.75. The first-order valence-electron chi connectivity index (χ1n) is 8.76. The molecule has 0 amide bonds. The van der Waals surface area contributed by atoms with Crippen molar-refractivity contribution in [2.24, 2.45) is 5.41 Å². The molecule has 1 aromatic heterocycles. The lowest BCUT2D eigenvalue weighted by Crippen LogP contribution is -2.58. The molecule has 4 rings (SSSR count). The van der Waals surface area contributed by atoms with Gasteiger partial charge in [-0.1, -0.05) is 18.2 Å². The van der Waals surface area contributed by atoms with Gasteiger partial charge in [-0.2, -0.15) is 0 Å². The van der Waals surface area contributed by atoms with Crippen molar-refractivity contribution in [1.29, 1.82) is 0 Å². The Bertz CT molecular complexity index is 798. The van der Waals surface area contributed by atoms with Crippen molar-refractivity contribution < 1.29 is 8.42 Å². The van der Waals surface area contributed by atoms with Crippen molar-refractivity contribution >= 4 is 21.4 Å². The summed E-state index contributed by atoms with van der Waals surface area (Å²) in [5.74, 6) is 0. The number of hydrogen-bond acceptors (Lipinski definition) is 5. The molecule has 134 valence electrons. The zero-order valence-electron chi connectivity index (χ0n) is 14.1. The first-order valence-corrected chi connectivity index (χ1v) is 11.1. The number of nitrogens with zero attached hydrogens (tertiary/aromatic N) is 2. The second kappa shape index (κ2) is 6.79. The van der Waals surface area contributed by atoms with Crippen LogP contribution in [0, 0.1) is 5.41 Å². The minimum atomic E-state index is -3.42. The molecular formula is C18H23N3O2S2. The van der Waals surface area contributed by atoms with Crippen LogP contribution < -0.4 is 4.72 Å². The van der Waals surface area contributed by atoms with Crippen LogP contribution in [0.15, 0.2) is 46.8 Å². The zero-order chi connectivity index (χ0) is 17.3. The van der Waals surface area contributed by atoms with Crippen molar-refractivity contribution in [3.8, 4) is 0 Å². The van der Waals surface area contributed by atoms with Crippen molar-refractivity contribution in [3.63, 3.8) is 0 Å². The first kappa shape index (κ1) is 17.1. The minimum Gasteiger partial charge on any atom is -0.297 e. The third-order valence-corrected chi connectivity index (χ3v) is 7.97. The van der Waals surface area contributed by atoms with Gasteiger partial charge in [0.2, 0.25) is 10.0 Å². The van der Waals surface area contributed by atoms with E-state index in [0.29, 0.717) is 4.90 Å². The van der Waals surface area contributed by atoms with Crippen LogP contribution in [0.25, 0.3) is 0 Å². The van der Waals surface area contributed by atoms with E-state index in [1.807, 2.05) is 17.6 Å². The van der Waals surface area contributed by atoms with Gasteiger partial charge in [-0.3, -0.25) is 4.90 Å². The van der Waals surface area contributed by atoms with Crippen LogP contribution in [0.5, 0.6) is 0 Å². The molecule has 1 aliphatic carbocycles. The second-order valence-corrected chi connectivity index (χ2v) is 9.78. The molecule has 2 fully saturated rings. The summed E-state index contributed by atoms with van der Waals surface area (Å²) in [6.45, 7) is 2.94. The highest BCUT2D eigenvalue weighted by Gasteiger charge is 2.49. The van der Waals surface area contributed by atoms with Gasteiger partial charge in [0, 0.05) is 17.6 Å². The molecular weight excluding hydrogens is 354 g/mol. The first-order chi connectivity index (χ1) is 12.1. The van der Waals surface area contributed by atoms with E-state index in [2.05, 4.69) is 14.6 Å². The number of benzene rings is 1. The second-order valence-electron chi connectivity index (χ2n) is 7.09. The highest BCUT2D eigenvalue weighted by atomic mass is 32.2. The molecule has 25 heavy (non-hydrogen) atoms. The van der Waals surface area contributed by atoms with Gasteiger partial charge in [0.1, 0.15) is 5.01 Å². The molecule has 0 bridgehead atoms. The topological polar surface area (TPSA) is 62.3 Å². The molecule has 0 radical (unpaired) electrons. The Hall–Kier alpha value is -1.28. The van der Waals surface area contributed by atoms with E-state index in [9.17, 15) is 8.42 Å². The molecule has 5 nitrogen and oxygen atoms in total. The molecule has 0 unspecified atom stereocenters. The number of nitrogens with one attached hydrogen (secondary N) is 1. The minimum absolute atomic E-state index is 0.0692. The average molecular weight is 378 g/mol. The fourth-order valence-electron chi connectivity index (χ4n) is 4.01. The molecule has 1 saturated carbocycles. The lowest BCUT2D eigenvalue weighted by molar-refractivity contribution is 0.000690. The summed E-state index contributed by atoms with van der Waals surface area (Å²) in [4.78, 5) is 7.16. The molecule has 1 spiro atoms. The van der Waals surface area contributed by atoms with E-state index >= 15 is 0 Å². The Kier molecular flexibility index (Phi) is 4.66. The molecule has 2 aromatic rings. The van der Waals surface area contributed by atoms with Gasteiger partial charge >= 0.3 is 0 Å². The predicted octanol–water partition coefficient (Wildman–Crippen LogP) is 2.87. The van der Waals surface area contributed by atoms with Gasteiger partial charge in [0.25, 0.3) is 0 Å². The smallest absolute Gasteiger partial charge is 0.240 e. The molecule has 1 atom stereocenters. The van der Waals surface area contributed by atoms with E-state index in [4.69, 9.17) is 0 Å². The molecule has 1 saturated heterocycles. The Morgan fingerprint density at radius 2 is 1.96 bits per heavy atom. The third kappa shape index (κ3) is 3.51. The maximum absolute atomic E-state index is 12.6. The number of piperidine rings is 1. The van der Waals surface area contributed by atoms with Crippen LogP contribution in [0.4, 0.5) is 0 Å². The van der Waals surface area contributed by atoms with Crippen molar-refractivity contribution in [2.75, 3.05) is 13.1 Å². The van der Waals surface area contributed by atoms with Gasteiger partial charge in [-0.05, 0) is 56.3 Å². The van der Waals surface area contributed by atoms with E-state index in [1.165, 1.54) is 0 Å². The number of likely N-dealkylation sites (tertiary alicyclic amines) is 1. The summed E-state index contributed by atoms with van der Waals surface area (Å²) in [5.41, 5.74) is 0.140. The van der Waals surface area contributed by atoms with Gasteiger partial charge < -0.3 is 0 Å². The third-order valence-electron chi connectivity index (χ3n) is 5.72. The molecule has 7 heteroatoms. The van der Waals surface area contributed by atoms with Crippen molar-refractivity contribution in [3.05, 3.63) is 46.9 Å². The lowest BCUT2D eigenvalue weighted by atomic mass is 9.60. The Balaban J connectivity index is 1.38. The van der Waals surface area contributed by atoms with Crippen LogP contribution in [-0.4, -0.2) is 37.4 Å². The highest BCUT2D eigenvalue weighted by Crippen LogP contribution is 2.49. The quantitative estimate of drug-likeness (QED) is 0.870. The van der Waals surface area contributed by atoms with E-state index < -0.39 is 10.0 Å². The summed E-state index contributed by atoms with van der Waals surface area (Å²) >= 11 is 1.70. The molecule has 1 aliphatic heterocycles. The molecule has 1 N–H and O–H groups in total. The van der Waals surface area contributed by atoms with Crippen molar-refractivity contribution in [2.45, 2.75) is 43.2 Å². The summed E-state index contributed by atoms with van der Waals surface area (Å²) in [7, 11) is -3.42. The summed E-state index contributed by atoms with van der Waals surface area (Å²) in [6.07, 6.45) is 6.03. The fourth-order valence-corrected chi connectivity index (χ4v) is 6.06. The summed E-state index contributed by atoms with van der Waals surface area (Å²) < 4.78 is 28.2. The zero-order valence-corrected chi connectivity index (χ0v) is 15.7. The van der Waals surface area contributed by atoms with Gasteiger partial charge in [0.15, 0.2) is 0 Å². The van der Waals surface area contributed by atoms with Gasteiger partial charge in [-0.25, -0.2) is 18.1 Å². The monoisotopic (exact) mass is 377 g/mol. The van der Waals surface area contributed by atoms with Crippen LogP contribution in [0.1, 0.15) is 30.7 Å². The normalized spacial score (nSPS) is 23.4. The number of hydrogen-bond donors (Lipinski definition) is 1. The van der Waals surface area contributed by atoms with Gasteiger partial charge in [-0.15, -0.1) is 11.3 Å². The molecule has 2 heterocycles. The van der Waals surface area contributed by atoms with Crippen LogP contribution in [0.3, 0.4) is 0 Å². The fraction of sp³-hybridized carbons (Fsp3) is 0.500.